The van der Waals surface area contributed by atoms with E-state index in [1.54, 1.807) is 5.92 Å². The Kier molecular flexibility index (Phi) is 4.24. The van der Waals surface area contributed by atoms with Crippen molar-refractivity contribution in [3.63, 3.8) is 0 Å². The highest BCUT2D eigenvalue weighted by Crippen LogP contribution is 2.49. The molecule has 1 atom stereocenters. The van der Waals surface area contributed by atoms with Crippen molar-refractivity contribution in [2.24, 2.45) is 22.7 Å². The lowest BCUT2D eigenvalue weighted by atomic mass is 9.57. The van der Waals surface area contributed by atoms with E-state index in [9.17, 15) is 0 Å². The van der Waals surface area contributed by atoms with Crippen molar-refractivity contribution in [2.75, 3.05) is 0 Å². The summed E-state index contributed by atoms with van der Waals surface area (Å²) in [5.41, 5.74) is 0.754. The molecule has 0 aromatic rings. The summed E-state index contributed by atoms with van der Waals surface area (Å²) in [6.07, 6.45) is 0. The second-order valence-electron chi connectivity index (χ2n) is 6.85. The molecule has 0 saturated carbocycles. The Morgan fingerprint density at radius 1 is 0.857 bits per heavy atom. The van der Waals surface area contributed by atoms with Crippen LogP contribution in [0.3, 0.4) is 0 Å². The van der Waals surface area contributed by atoms with Crippen LogP contribution >= 0.6 is 0 Å². The predicted octanol–water partition coefficient (Wildman–Crippen LogP) is 4.95. The Labute approximate surface area is 91.5 Å². The molecule has 14 heavy (non-hydrogen) atoms. The van der Waals surface area contributed by atoms with Gasteiger partial charge in [0.05, 0.1) is 0 Å². The van der Waals surface area contributed by atoms with Gasteiger partial charge in [0.15, 0.2) is 0 Å². The fourth-order valence-corrected chi connectivity index (χ4v) is 3.06. The number of hydrogen-bond acceptors (Lipinski definition) is 0. The maximum Gasteiger partial charge on any atom is -0.0255 e. The van der Waals surface area contributed by atoms with Crippen LogP contribution in [0.5, 0.6) is 0 Å². The number of hydrogen-bond donors (Lipinski definition) is 0. The van der Waals surface area contributed by atoms with E-state index < -0.39 is 0 Å². The molecule has 0 nitrogen and oxygen atoms in total. The second-order valence-corrected chi connectivity index (χ2v) is 6.85. The average Bonchev–Trinajstić information content (AvgIpc) is 1.79. The summed E-state index contributed by atoms with van der Waals surface area (Å²) in [5, 5.41) is 0. The van der Waals surface area contributed by atoms with Crippen molar-refractivity contribution < 1.29 is 0 Å². The van der Waals surface area contributed by atoms with E-state index in [0.29, 0.717) is 16.7 Å². The summed E-state index contributed by atoms with van der Waals surface area (Å²) in [6.45, 7) is 21.1. The lowest BCUT2D eigenvalue weighted by molar-refractivity contribution is 0.0571. The first-order valence-electron chi connectivity index (χ1n) is 5.81. The van der Waals surface area contributed by atoms with Gasteiger partial charge in [-0.2, -0.15) is 0 Å². The minimum Gasteiger partial charge on any atom is -0.0623 e. The highest BCUT2D eigenvalue weighted by atomic mass is 14.5. The van der Waals surface area contributed by atoms with Gasteiger partial charge in [-0.1, -0.05) is 62.3 Å². The van der Waals surface area contributed by atoms with Gasteiger partial charge in [0, 0.05) is 0 Å². The first-order valence-corrected chi connectivity index (χ1v) is 5.81. The molecular weight excluding hydrogens is 168 g/mol. The molecule has 0 aromatic heterocycles. The van der Waals surface area contributed by atoms with E-state index in [-0.39, 0.29) is 0 Å². The molecule has 0 amide bonds. The molecule has 0 aliphatic carbocycles. The van der Waals surface area contributed by atoms with Crippen LogP contribution in [0.4, 0.5) is 0 Å². The van der Waals surface area contributed by atoms with E-state index in [1.807, 2.05) is 0 Å². The molecule has 0 aliphatic heterocycles. The van der Waals surface area contributed by atoms with Gasteiger partial charge in [-0.05, 0) is 28.6 Å². The lowest BCUT2D eigenvalue weighted by Gasteiger charge is -2.47. The normalized spacial score (nSPS) is 16.5. The summed E-state index contributed by atoms with van der Waals surface area (Å²) in [5.74, 6) is 2.98. The molecule has 0 bridgehead atoms. The molecule has 0 rings (SSSR count). The summed E-state index contributed by atoms with van der Waals surface area (Å²) in [6, 6.07) is 0. The number of rotatable bonds is 3. The zero-order valence-electron chi connectivity index (χ0n) is 11.7. The first kappa shape index (κ1) is 14.0. The fourth-order valence-electron chi connectivity index (χ4n) is 3.06. The van der Waals surface area contributed by atoms with Gasteiger partial charge in [-0.25, -0.2) is 0 Å². The van der Waals surface area contributed by atoms with Crippen LogP contribution in [0.2, 0.25) is 0 Å². The molecule has 1 unspecified atom stereocenters. The second kappa shape index (κ2) is 4.24. The maximum atomic E-state index is 2.40. The minimum atomic E-state index is 0.368. The minimum absolute atomic E-state index is 0.368. The van der Waals surface area contributed by atoms with Crippen molar-refractivity contribution in [2.45, 2.75) is 62.3 Å². The van der Waals surface area contributed by atoms with Crippen molar-refractivity contribution in [1.82, 2.24) is 0 Å². The molecule has 0 heterocycles. The van der Waals surface area contributed by atoms with E-state index in [2.05, 4.69) is 62.3 Å². The van der Waals surface area contributed by atoms with Gasteiger partial charge in [-0.15, -0.1) is 0 Å². The van der Waals surface area contributed by atoms with Gasteiger partial charge >= 0.3 is 0 Å². The predicted molar refractivity (Wildman–Crippen MR) is 66.2 cm³/mol. The standard InChI is InChI=1S/C14H29/c1-10(2)12(13(5,6)7)14(8,9)11(3)4/h11-12H,1-9H3. The molecule has 1 radical (unpaired) electrons. The van der Waals surface area contributed by atoms with Gasteiger partial charge < -0.3 is 0 Å². The van der Waals surface area contributed by atoms with Crippen LogP contribution in [0.1, 0.15) is 62.3 Å². The summed E-state index contributed by atoms with van der Waals surface area (Å²) in [7, 11) is 0. The molecule has 0 spiro atoms. The Hall–Kier alpha value is 0. The van der Waals surface area contributed by atoms with E-state index in [1.165, 1.54) is 0 Å². The third-order valence-corrected chi connectivity index (χ3v) is 3.68. The monoisotopic (exact) mass is 197 g/mol. The Morgan fingerprint density at radius 3 is 1.29 bits per heavy atom. The van der Waals surface area contributed by atoms with Crippen LogP contribution in [-0.4, -0.2) is 0 Å². The van der Waals surface area contributed by atoms with Crippen LogP contribution in [0.25, 0.3) is 0 Å². The van der Waals surface area contributed by atoms with Crippen molar-refractivity contribution in [1.29, 1.82) is 0 Å². The molecule has 0 heteroatoms. The summed E-state index contributed by atoms with van der Waals surface area (Å²) in [4.78, 5) is 0. The van der Waals surface area contributed by atoms with Gasteiger partial charge in [-0.3, -0.25) is 0 Å². The zero-order valence-corrected chi connectivity index (χ0v) is 11.7. The fraction of sp³-hybridized carbons (Fsp3) is 0.929. The zero-order chi connectivity index (χ0) is 11.7. The Morgan fingerprint density at radius 2 is 1.21 bits per heavy atom. The summed E-state index contributed by atoms with van der Waals surface area (Å²) >= 11 is 0. The SMILES string of the molecule is C[C](C)C(C(C)(C)C)C(C)(C)C(C)C. The third-order valence-electron chi connectivity index (χ3n) is 3.68. The van der Waals surface area contributed by atoms with Crippen LogP contribution < -0.4 is 0 Å². The first-order chi connectivity index (χ1) is 6.01. The van der Waals surface area contributed by atoms with Crippen LogP contribution in [-0.2, 0) is 0 Å². The van der Waals surface area contributed by atoms with Crippen LogP contribution in [0.15, 0.2) is 0 Å². The topological polar surface area (TPSA) is 0 Å². The average molecular weight is 197 g/mol. The van der Waals surface area contributed by atoms with E-state index in [0.717, 1.165) is 5.92 Å². The highest BCUT2D eigenvalue weighted by molar-refractivity contribution is 5.02. The van der Waals surface area contributed by atoms with Crippen molar-refractivity contribution >= 4 is 0 Å². The van der Waals surface area contributed by atoms with Gasteiger partial charge in [0.2, 0.25) is 0 Å². The van der Waals surface area contributed by atoms with Gasteiger partial charge in [0.25, 0.3) is 0 Å². The lowest BCUT2D eigenvalue weighted by Crippen LogP contribution is -2.40. The maximum absolute atomic E-state index is 2.40. The molecule has 85 valence electrons. The van der Waals surface area contributed by atoms with Crippen LogP contribution in [0, 0.1) is 28.6 Å². The quantitative estimate of drug-likeness (QED) is 0.601. The van der Waals surface area contributed by atoms with Crippen molar-refractivity contribution in [3.8, 4) is 0 Å². The smallest absolute Gasteiger partial charge is 0.0255 e. The molecule has 0 aromatic carbocycles. The van der Waals surface area contributed by atoms with Crippen molar-refractivity contribution in [3.05, 3.63) is 5.92 Å². The Balaban J connectivity index is 5.03. The largest absolute Gasteiger partial charge is 0.0623 e. The molecule has 0 fully saturated rings. The molecular formula is C14H29. The third kappa shape index (κ3) is 3.00. The molecule has 0 saturated heterocycles. The van der Waals surface area contributed by atoms with E-state index >= 15 is 0 Å². The van der Waals surface area contributed by atoms with E-state index in [4.69, 9.17) is 0 Å². The summed E-state index contributed by atoms with van der Waals surface area (Å²) < 4.78 is 0. The highest BCUT2D eigenvalue weighted by Gasteiger charge is 2.41. The molecule has 0 N–H and O–H groups in total. The molecule has 0 aliphatic rings. The van der Waals surface area contributed by atoms with Gasteiger partial charge in [0.1, 0.15) is 0 Å². The Bertz CT molecular complexity index is 167.